The zero-order valence-electron chi connectivity index (χ0n) is 11.3. The zero-order chi connectivity index (χ0) is 12.2. The van der Waals surface area contributed by atoms with Gasteiger partial charge in [0.1, 0.15) is 0 Å². The predicted octanol–water partition coefficient (Wildman–Crippen LogP) is 3.37. The van der Waals surface area contributed by atoms with Crippen molar-refractivity contribution >= 4 is 0 Å². The lowest BCUT2D eigenvalue weighted by atomic mass is 10.1. The van der Waals surface area contributed by atoms with Gasteiger partial charge >= 0.3 is 0 Å². The molecule has 3 heteroatoms. The van der Waals surface area contributed by atoms with Crippen LogP contribution in [0.15, 0.2) is 0 Å². The van der Waals surface area contributed by atoms with Crippen molar-refractivity contribution in [2.24, 2.45) is 0 Å². The van der Waals surface area contributed by atoms with Crippen molar-refractivity contribution in [2.75, 3.05) is 20.8 Å². The Labute approximate surface area is 100 Å². The molecular formula is C13H28O3. The fraction of sp³-hybridized carbons (Fsp3) is 1.00. The Hall–Kier alpha value is -0.120. The van der Waals surface area contributed by atoms with Crippen LogP contribution in [0.25, 0.3) is 0 Å². The Morgan fingerprint density at radius 3 is 2.19 bits per heavy atom. The Bertz CT molecular complexity index is 139. The molecule has 0 amide bonds. The van der Waals surface area contributed by atoms with Gasteiger partial charge in [-0.25, -0.2) is 0 Å². The van der Waals surface area contributed by atoms with Crippen molar-refractivity contribution in [1.29, 1.82) is 0 Å². The minimum atomic E-state index is -0.124. The average Bonchev–Trinajstić information content (AvgIpc) is 2.31. The van der Waals surface area contributed by atoms with E-state index in [-0.39, 0.29) is 12.4 Å². The monoisotopic (exact) mass is 232 g/mol. The lowest BCUT2D eigenvalue weighted by molar-refractivity contribution is -0.141. The van der Waals surface area contributed by atoms with E-state index in [0.29, 0.717) is 6.61 Å². The van der Waals surface area contributed by atoms with Gasteiger partial charge in [0.25, 0.3) is 0 Å². The summed E-state index contributed by atoms with van der Waals surface area (Å²) in [7, 11) is 3.45. The van der Waals surface area contributed by atoms with Gasteiger partial charge in [0.2, 0.25) is 0 Å². The molecule has 0 saturated heterocycles. The van der Waals surface area contributed by atoms with Crippen molar-refractivity contribution in [1.82, 2.24) is 0 Å². The second kappa shape index (κ2) is 11.4. The first-order valence-corrected chi connectivity index (χ1v) is 6.45. The molecule has 0 unspecified atom stereocenters. The Morgan fingerprint density at radius 2 is 1.69 bits per heavy atom. The molecule has 0 heterocycles. The molecule has 0 aromatic carbocycles. The molecule has 3 nitrogen and oxygen atoms in total. The first-order chi connectivity index (χ1) is 7.78. The van der Waals surface area contributed by atoms with E-state index in [1.807, 2.05) is 6.92 Å². The fourth-order valence-corrected chi connectivity index (χ4v) is 1.76. The SMILES string of the molecule is CCCCCC[C@H](C[C@@H](OC)OCC)OC. The largest absolute Gasteiger partial charge is 0.381 e. The van der Waals surface area contributed by atoms with Crippen LogP contribution in [-0.2, 0) is 14.2 Å². The molecule has 0 bridgehead atoms. The van der Waals surface area contributed by atoms with E-state index >= 15 is 0 Å². The summed E-state index contributed by atoms with van der Waals surface area (Å²) < 4.78 is 16.1. The number of rotatable bonds is 11. The van der Waals surface area contributed by atoms with Gasteiger partial charge in [-0.3, -0.25) is 0 Å². The number of hydrogen-bond acceptors (Lipinski definition) is 3. The highest BCUT2D eigenvalue weighted by Gasteiger charge is 2.15. The third-order valence-corrected chi connectivity index (χ3v) is 2.78. The minimum absolute atomic E-state index is 0.124. The first kappa shape index (κ1) is 15.9. The molecule has 0 radical (unpaired) electrons. The molecule has 2 atom stereocenters. The molecule has 0 aromatic heterocycles. The first-order valence-electron chi connectivity index (χ1n) is 6.45. The van der Waals surface area contributed by atoms with E-state index in [1.54, 1.807) is 14.2 Å². The fourth-order valence-electron chi connectivity index (χ4n) is 1.76. The maximum atomic E-state index is 5.45. The summed E-state index contributed by atoms with van der Waals surface area (Å²) in [5.41, 5.74) is 0. The maximum absolute atomic E-state index is 5.45. The number of ether oxygens (including phenoxy) is 3. The Morgan fingerprint density at radius 1 is 0.938 bits per heavy atom. The van der Waals surface area contributed by atoms with Gasteiger partial charge in [0.15, 0.2) is 6.29 Å². The van der Waals surface area contributed by atoms with Crippen LogP contribution >= 0.6 is 0 Å². The van der Waals surface area contributed by atoms with Crippen LogP contribution in [0, 0.1) is 0 Å². The quantitative estimate of drug-likeness (QED) is 0.404. The molecule has 0 spiro atoms. The Balaban J connectivity index is 3.70. The molecule has 0 rings (SSSR count). The molecule has 0 N–H and O–H groups in total. The van der Waals surface area contributed by atoms with Gasteiger partial charge in [-0.15, -0.1) is 0 Å². The molecule has 0 aliphatic rings. The van der Waals surface area contributed by atoms with Gasteiger partial charge in [0.05, 0.1) is 6.10 Å². The highest BCUT2D eigenvalue weighted by Crippen LogP contribution is 2.14. The summed E-state index contributed by atoms with van der Waals surface area (Å²) in [5, 5.41) is 0. The van der Waals surface area contributed by atoms with Gasteiger partial charge in [0, 0.05) is 27.2 Å². The topological polar surface area (TPSA) is 27.7 Å². The second-order valence-electron chi connectivity index (χ2n) is 4.06. The molecule has 0 aliphatic heterocycles. The minimum Gasteiger partial charge on any atom is -0.381 e. The third-order valence-electron chi connectivity index (χ3n) is 2.78. The summed E-state index contributed by atoms with van der Waals surface area (Å²) in [5.74, 6) is 0. The molecule has 0 saturated carbocycles. The summed E-state index contributed by atoms with van der Waals surface area (Å²) in [4.78, 5) is 0. The average molecular weight is 232 g/mol. The van der Waals surface area contributed by atoms with Crippen LogP contribution in [0.5, 0.6) is 0 Å². The standard InChI is InChI=1S/C13H28O3/c1-5-7-8-9-10-12(14-3)11-13(15-4)16-6-2/h12-13H,5-11H2,1-4H3/t12-,13+/m1/s1. The second-order valence-corrected chi connectivity index (χ2v) is 4.06. The van der Waals surface area contributed by atoms with Crippen LogP contribution < -0.4 is 0 Å². The van der Waals surface area contributed by atoms with E-state index in [1.165, 1.54) is 25.7 Å². The van der Waals surface area contributed by atoms with E-state index < -0.39 is 0 Å². The van der Waals surface area contributed by atoms with Gasteiger partial charge in [-0.2, -0.15) is 0 Å². The lowest BCUT2D eigenvalue weighted by Gasteiger charge is -2.21. The predicted molar refractivity (Wildman–Crippen MR) is 66.6 cm³/mol. The van der Waals surface area contributed by atoms with Crippen LogP contribution in [0.2, 0.25) is 0 Å². The van der Waals surface area contributed by atoms with Crippen molar-refractivity contribution in [3.63, 3.8) is 0 Å². The summed E-state index contributed by atoms with van der Waals surface area (Å²) in [6, 6.07) is 0. The molecule has 98 valence electrons. The highest BCUT2D eigenvalue weighted by atomic mass is 16.7. The summed E-state index contributed by atoms with van der Waals surface area (Å²) in [6.07, 6.45) is 7.18. The van der Waals surface area contributed by atoms with Gasteiger partial charge in [-0.1, -0.05) is 32.6 Å². The van der Waals surface area contributed by atoms with E-state index in [9.17, 15) is 0 Å². The summed E-state index contributed by atoms with van der Waals surface area (Å²) in [6.45, 7) is 4.89. The van der Waals surface area contributed by atoms with Crippen LogP contribution in [-0.4, -0.2) is 33.2 Å². The zero-order valence-corrected chi connectivity index (χ0v) is 11.3. The van der Waals surface area contributed by atoms with Crippen LogP contribution in [0.1, 0.15) is 52.4 Å². The maximum Gasteiger partial charge on any atom is 0.159 e. The molecule has 0 fully saturated rings. The number of methoxy groups -OCH3 is 2. The normalized spacial score (nSPS) is 15.0. The van der Waals surface area contributed by atoms with Crippen molar-refractivity contribution in [3.8, 4) is 0 Å². The molecule has 16 heavy (non-hydrogen) atoms. The Kier molecular flexibility index (Phi) is 11.3. The third kappa shape index (κ3) is 8.08. The molecule has 0 aliphatic carbocycles. The molecule has 0 aromatic rings. The number of hydrogen-bond donors (Lipinski definition) is 0. The van der Waals surface area contributed by atoms with Gasteiger partial charge < -0.3 is 14.2 Å². The van der Waals surface area contributed by atoms with Crippen molar-refractivity contribution in [3.05, 3.63) is 0 Å². The van der Waals surface area contributed by atoms with Crippen molar-refractivity contribution < 1.29 is 14.2 Å². The van der Waals surface area contributed by atoms with Crippen molar-refractivity contribution in [2.45, 2.75) is 64.8 Å². The highest BCUT2D eigenvalue weighted by molar-refractivity contribution is 4.61. The summed E-state index contributed by atoms with van der Waals surface area (Å²) >= 11 is 0. The van der Waals surface area contributed by atoms with E-state index in [4.69, 9.17) is 14.2 Å². The smallest absolute Gasteiger partial charge is 0.159 e. The number of unbranched alkanes of at least 4 members (excludes halogenated alkanes) is 3. The van der Waals surface area contributed by atoms with E-state index in [2.05, 4.69) is 6.92 Å². The lowest BCUT2D eigenvalue weighted by Crippen LogP contribution is -2.24. The van der Waals surface area contributed by atoms with Crippen LogP contribution in [0.4, 0.5) is 0 Å². The molecular weight excluding hydrogens is 204 g/mol. The van der Waals surface area contributed by atoms with E-state index in [0.717, 1.165) is 12.8 Å². The van der Waals surface area contributed by atoms with Gasteiger partial charge in [-0.05, 0) is 13.3 Å². The van der Waals surface area contributed by atoms with Crippen LogP contribution in [0.3, 0.4) is 0 Å².